The van der Waals surface area contributed by atoms with Crippen LogP contribution in [0.15, 0.2) is 24.3 Å². The number of ether oxygens (including phenoxy) is 2. The Morgan fingerprint density at radius 1 is 1.24 bits per heavy atom. The molecular formula is C19H29ClN2O3. The van der Waals surface area contributed by atoms with Crippen molar-refractivity contribution >= 4 is 18.3 Å². The predicted molar refractivity (Wildman–Crippen MR) is 99.8 cm³/mol. The van der Waals surface area contributed by atoms with Crippen LogP contribution in [0, 0.1) is 12.8 Å². The van der Waals surface area contributed by atoms with Gasteiger partial charge in [0.05, 0.1) is 12.2 Å². The number of halogens is 1. The van der Waals surface area contributed by atoms with Crippen LogP contribution in [0.5, 0.6) is 0 Å². The molecule has 2 aliphatic rings. The first kappa shape index (κ1) is 20.2. The third kappa shape index (κ3) is 5.17. The van der Waals surface area contributed by atoms with E-state index in [1.807, 2.05) is 0 Å². The largest absolute Gasteiger partial charge is 0.373 e. The molecule has 2 heterocycles. The highest BCUT2D eigenvalue weighted by molar-refractivity contribution is 5.85. The molecule has 0 aliphatic carbocycles. The summed E-state index contributed by atoms with van der Waals surface area (Å²) in [5.74, 6) is 0.288. The number of amides is 1. The number of carbonyl (C=O) groups is 1. The van der Waals surface area contributed by atoms with Crippen LogP contribution < -0.4 is 11.1 Å². The second-order valence-electron chi connectivity index (χ2n) is 6.91. The van der Waals surface area contributed by atoms with Crippen molar-refractivity contribution in [3.63, 3.8) is 0 Å². The zero-order valence-corrected chi connectivity index (χ0v) is 15.6. The van der Waals surface area contributed by atoms with E-state index < -0.39 is 0 Å². The van der Waals surface area contributed by atoms with E-state index in [1.54, 1.807) is 0 Å². The lowest BCUT2D eigenvalue weighted by atomic mass is 9.89. The van der Waals surface area contributed by atoms with Gasteiger partial charge in [-0.2, -0.15) is 0 Å². The third-order valence-corrected chi connectivity index (χ3v) is 5.05. The molecule has 25 heavy (non-hydrogen) atoms. The molecule has 1 aromatic rings. The number of nitrogens with two attached hydrogens (primary N) is 1. The molecule has 0 radical (unpaired) electrons. The van der Waals surface area contributed by atoms with Gasteiger partial charge >= 0.3 is 0 Å². The number of rotatable bonds is 5. The molecule has 5 nitrogen and oxygen atoms in total. The van der Waals surface area contributed by atoms with Crippen molar-refractivity contribution in [1.29, 1.82) is 0 Å². The van der Waals surface area contributed by atoms with E-state index in [2.05, 4.69) is 36.5 Å². The molecule has 2 fully saturated rings. The molecule has 0 aromatic heterocycles. The monoisotopic (exact) mass is 368 g/mol. The summed E-state index contributed by atoms with van der Waals surface area (Å²) in [6.45, 7) is 3.98. The lowest BCUT2D eigenvalue weighted by Gasteiger charge is -2.32. The predicted octanol–water partition coefficient (Wildman–Crippen LogP) is 2.51. The first-order chi connectivity index (χ1) is 11.7. The Morgan fingerprint density at radius 2 is 2.00 bits per heavy atom. The minimum Gasteiger partial charge on any atom is -0.373 e. The molecular weight excluding hydrogens is 340 g/mol. The molecule has 140 valence electrons. The van der Waals surface area contributed by atoms with E-state index >= 15 is 0 Å². The number of benzene rings is 1. The van der Waals surface area contributed by atoms with Crippen molar-refractivity contribution in [2.24, 2.45) is 11.7 Å². The molecule has 2 saturated heterocycles. The van der Waals surface area contributed by atoms with Gasteiger partial charge in [-0.1, -0.05) is 29.8 Å². The van der Waals surface area contributed by atoms with Crippen LogP contribution in [0.25, 0.3) is 0 Å². The van der Waals surface area contributed by atoms with Crippen LogP contribution in [-0.4, -0.2) is 37.8 Å². The minimum absolute atomic E-state index is 0. The van der Waals surface area contributed by atoms with Gasteiger partial charge in [0, 0.05) is 25.6 Å². The summed E-state index contributed by atoms with van der Waals surface area (Å²) < 4.78 is 11.7. The smallest absolute Gasteiger partial charge is 0.249 e. The second-order valence-corrected chi connectivity index (χ2v) is 6.91. The summed E-state index contributed by atoms with van der Waals surface area (Å²) in [5.41, 5.74) is 8.04. The topological polar surface area (TPSA) is 73.6 Å². The standard InChI is InChI=1S/C19H28N2O3.ClH/c1-13-4-6-14(7-5-13)18-15(3-2-10-23-18)12-21-19(22)17-9-8-16(11-20)24-17;/h4-7,15-18H,2-3,8-12,20H2,1H3,(H,21,22);1H/t15?,16-,17+,18?;/m1./s1. The Kier molecular flexibility index (Phi) is 7.69. The molecule has 2 aliphatic heterocycles. The van der Waals surface area contributed by atoms with Gasteiger partial charge in [-0.15, -0.1) is 12.4 Å². The Labute approximate surface area is 156 Å². The van der Waals surface area contributed by atoms with Crippen LogP contribution >= 0.6 is 12.4 Å². The van der Waals surface area contributed by atoms with Crippen molar-refractivity contribution in [3.05, 3.63) is 35.4 Å². The van der Waals surface area contributed by atoms with Crippen molar-refractivity contribution in [2.75, 3.05) is 19.7 Å². The quantitative estimate of drug-likeness (QED) is 0.837. The normalized spacial score (nSPS) is 29.0. The molecule has 1 aromatic carbocycles. The Morgan fingerprint density at radius 3 is 2.68 bits per heavy atom. The molecule has 2 unspecified atom stereocenters. The van der Waals surface area contributed by atoms with Crippen molar-refractivity contribution in [2.45, 2.75) is 50.9 Å². The fraction of sp³-hybridized carbons (Fsp3) is 0.632. The van der Waals surface area contributed by atoms with Crippen LogP contribution in [0.2, 0.25) is 0 Å². The van der Waals surface area contributed by atoms with Crippen molar-refractivity contribution in [1.82, 2.24) is 5.32 Å². The van der Waals surface area contributed by atoms with E-state index in [1.165, 1.54) is 11.1 Å². The summed E-state index contributed by atoms with van der Waals surface area (Å²) in [7, 11) is 0. The zero-order valence-electron chi connectivity index (χ0n) is 14.8. The number of hydrogen-bond acceptors (Lipinski definition) is 4. The summed E-state index contributed by atoms with van der Waals surface area (Å²) in [5, 5.41) is 3.07. The maximum Gasteiger partial charge on any atom is 0.249 e. The summed E-state index contributed by atoms with van der Waals surface area (Å²) in [6.07, 6.45) is 3.47. The van der Waals surface area contributed by atoms with E-state index in [0.717, 1.165) is 32.3 Å². The van der Waals surface area contributed by atoms with Crippen LogP contribution in [0.4, 0.5) is 0 Å². The van der Waals surface area contributed by atoms with Crippen LogP contribution in [-0.2, 0) is 14.3 Å². The molecule has 0 saturated carbocycles. The highest BCUT2D eigenvalue weighted by Gasteiger charge is 2.32. The first-order valence-corrected chi connectivity index (χ1v) is 8.99. The van der Waals surface area contributed by atoms with Gasteiger partial charge in [0.2, 0.25) is 5.91 Å². The molecule has 6 heteroatoms. The molecule has 4 atom stereocenters. The Balaban J connectivity index is 0.00000225. The maximum atomic E-state index is 12.3. The average molecular weight is 369 g/mol. The first-order valence-electron chi connectivity index (χ1n) is 8.99. The van der Waals surface area contributed by atoms with Gasteiger partial charge < -0.3 is 20.5 Å². The number of carbonyl (C=O) groups excluding carboxylic acids is 1. The molecule has 3 N–H and O–H groups in total. The lowest BCUT2D eigenvalue weighted by Crippen LogP contribution is -2.40. The molecule has 1 amide bonds. The van der Waals surface area contributed by atoms with Crippen LogP contribution in [0.1, 0.15) is 42.9 Å². The van der Waals surface area contributed by atoms with Crippen molar-refractivity contribution < 1.29 is 14.3 Å². The fourth-order valence-electron chi connectivity index (χ4n) is 3.59. The number of aryl methyl sites for hydroxylation is 1. The van der Waals surface area contributed by atoms with Gasteiger partial charge in [0.1, 0.15) is 6.10 Å². The van der Waals surface area contributed by atoms with Gasteiger partial charge in [-0.05, 0) is 38.2 Å². The van der Waals surface area contributed by atoms with E-state index in [4.69, 9.17) is 15.2 Å². The number of nitrogens with one attached hydrogen (secondary N) is 1. The zero-order chi connectivity index (χ0) is 16.9. The Hall–Kier alpha value is -1.14. The van der Waals surface area contributed by atoms with Crippen LogP contribution in [0.3, 0.4) is 0 Å². The summed E-state index contributed by atoms with van der Waals surface area (Å²) in [6, 6.07) is 8.49. The van der Waals surface area contributed by atoms with Gasteiger partial charge in [-0.25, -0.2) is 0 Å². The maximum absolute atomic E-state index is 12.3. The molecule has 0 bridgehead atoms. The second kappa shape index (κ2) is 9.53. The highest BCUT2D eigenvalue weighted by Crippen LogP contribution is 2.33. The van der Waals surface area contributed by atoms with Crippen molar-refractivity contribution in [3.8, 4) is 0 Å². The van der Waals surface area contributed by atoms with E-state index in [0.29, 0.717) is 19.0 Å². The highest BCUT2D eigenvalue weighted by atomic mass is 35.5. The van der Waals surface area contributed by atoms with Gasteiger partial charge in [0.15, 0.2) is 0 Å². The SMILES string of the molecule is Cc1ccc(C2OCCCC2CNC(=O)[C@@H]2CC[C@H](CN)O2)cc1.Cl. The minimum atomic E-state index is -0.346. The van der Waals surface area contributed by atoms with E-state index in [9.17, 15) is 4.79 Å². The third-order valence-electron chi connectivity index (χ3n) is 5.05. The summed E-state index contributed by atoms with van der Waals surface area (Å²) >= 11 is 0. The Bertz CT molecular complexity index is 552. The van der Waals surface area contributed by atoms with Gasteiger partial charge in [-0.3, -0.25) is 4.79 Å². The molecule has 0 spiro atoms. The number of hydrogen-bond donors (Lipinski definition) is 2. The molecule has 3 rings (SSSR count). The average Bonchev–Trinajstić information content (AvgIpc) is 3.10. The fourth-order valence-corrected chi connectivity index (χ4v) is 3.59. The van der Waals surface area contributed by atoms with Gasteiger partial charge in [0.25, 0.3) is 0 Å². The lowest BCUT2D eigenvalue weighted by molar-refractivity contribution is -0.132. The summed E-state index contributed by atoms with van der Waals surface area (Å²) in [4.78, 5) is 12.3. The van der Waals surface area contributed by atoms with E-state index in [-0.39, 0.29) is 36.6 Å².